The summed E-state index contributed by atoms with van der Waals surface area (Å²) in [4.78, 5) is 12.3. The first-order chi connectivity index (χ1) is 12.1. The standard InChI is InChI=1S/C17H18F5N3O/c1-10(17(20,21)22)7-8-11-5-3-4-6-13(11)23-16(26)12-9-25(2)24-14(12)15(18)19/h3-6,9-10,15H,7-8H2,1-2H3,(H,23,26). The summed E-state index contributed by atoms with van der Waals surface area (Å²) < 4.78 is 65.0. The second-order valence-electron chi connectivity index (χ2n) is 5.99. The summed E-state index contributed by atoms with van der Waals surface area (Å²) in [6.07, 6.45) is -6.09. The number of para-hydroxylation sites is 1. The number of halogens is 5. The average molecular weight is 375 g/mol. The Kier molecular flexibility index (Phi) is 5.99. The van der Waals surface area contributed by atoms with E-state index in [0.29, 0.717) is 5.56 Å². The van der Waals surface area contributed by atoms with Crippen molar-refractivity contribution < 1.29 is 26.7 Å². The van der Waals surface area contributed by atoms with Crippen LogP contribution in [0.4, 0.5) is 27.6 Å². The van der Waals surface area contributed by atoms with Crippen molar-refractivity contribution in [3.63, 3.8) is 0 Å². The fourth-order valence-corrected chi connectivity index (χ4v) is 2.43. The number of rotatable bonds is 6. The highest BCUT2D eigenvalue weighted by molar-refractivity contribution is 6.05. The summed E-state index contributed by atoms with van der Waals surface area (Å²) in [7, 11) is 1.41. The molecule has 1 N–H and O–H groups in total. The molecule has 0 saturated carbocycles. The van der Waals surface area contributed by atoms with Gasteiger partial charge < -0.3 is 5.32 Å². The van der Waals surface area contributed by atoms with Crippen molar-refractivity contribution in [2.75, 3.05) is 5.32 Å². The number of hydrogen-bond donors (Lipinski definition) is 1. The van der Waals surface area contributed by atoms with Gasteiger partial charge in [-0.05, 0) is 24.5 Å². The van der Waals surface area contributed by atoms with Crippen LogP contribution in [0.5, 0.6) is 0 Å². The van der Waals surface area contributed by atoms with E-state index in [9.17, 15) is 26.7 Å². The van der Waals surface area contributed by atoms with E-state index in [1.54, 1.807) is 18.2 Å². The molecule has 1 aromatic heterocycles. The highest BCUT2D eigenvalue weighted by Gasteiger charge is 2.35. The topological polar surface area (TPSA) is 46.9 Å². The first-order valence-corrected chi connectivity index (χ1v) is 7.87. The molecular formula is C17H18F5N3O. The molecule has 1 aromatic carbocycles. The minimum absolute atomic E-state index is 0.0892. The Morgan fingerprint density at radius 1 is 1.27 bits per heavy atom. The maximum absolute atomic E-state index is 13.0. The molecule has 2 aromatic rings. The highest BCUT2D eigenvalue weighted by Crippen LogP contribution is 2.30. The van der Waals surface area contributed by atoms with Gasteiger partial charge in [0.05, 0.1) is 11.5 Å². The van der Waals surface area contributed by atoms with E-state index in [1.807, 2.05) is 0 Å². The molecule has 0 aliphatic carbocycles. The average Bonchev–Trinajstić information content (AvgIpc) is 2.95. The Morgan fingerprint density at radius 2 is 1.92 bits per heavy atom. The van der Waals surface area contributed by atoms with E-state index in [2.05, 4.69) is 10.4 Å². The second kappa shape index (κ2) is 7.84. The van der Waals surface area contributed by atoms with Gasteiger partial charge in [0, 0.05) is 18.9 Å². The Bertz CT molecular complexity index is 770. The fraction of sp³-hybridized carbons (Fsp3) is 0.412. The number of nitrogens with one attached hydrogen (secondary N) is 1. The van der Waals surface area contributed by atoms with E-state index in [1.165, 1.54) is 19.3 Å². The third-order valence-electron chi connectivity index (χ3n) is 3.98. The molecule has 1 amide bonds. The minimum atomic E-state index is -4.29. The second-order valence-corrected chi connectivity index (χ2v) is 5.99. The van der Waals surface area contributed by atoms with Gasteiger partial charge in [-0.2, -0.15) is 18.3 Å². The molecule has 142 valence electrons. The van der Waals surface area contributed by atoms with Crippen LogP contribution < -0.4 is 5.32 Å². The number of benzene rings is 1. The number of carbonyl (C=O) groups is 1. The number of anilines is 1. The Balaban J connectivity index is 2.16. The van der Waals surface area contributed by atoms with Crippen molar-refractivity contribution in [2.24, 2.45) is 13.0 Å². The van der Waals surface area contributed by atoms with Gasteiger partial charge in [0.1, 0.15) is 5.69 Å². The van der Waals surface area contributed by atoms with Gasteiger partial charge in [0.25, 0.3) is 12.3 Å². The van der Waals surface area contributed by atoms with Gasteiger partial charge in [-0.15, -0.1) is 0 Å². The summed E-state index contributed by atoms with van der Waals surface area (Å²) in [5.74, 6) is -2.28. The maximum atomic E-state index is 13.0. The zero-order chi connectivity index (χ0) is 19.5. The number of aromatic nitrogens is 2. The molecule has 0 aliphatic heterocycles. The van der Waals surface area contributed by atoms with Crippen molar-refractivity contribution in [3.05, 3.63) is 47.3 Å². The van der Waals surface area contributed by atoms with Crippen molar-refractivity contribution in [1.82, 2.24) is 9.78 Å². The van der Waals surface area contributed by atoms with Gasteiger partial charge in [-0.3, -0.25) is 9.48 Å². The van der Waals surface area contributed by atoms with E-state index < -0.39 is 30.1 Å². The lowest BCUT2D eigenvalue weighted by atomic mass is 9.99. The van der Waals surface area contributed by atoms with Crippen molar-refractivity contribution in [1.29, 1.82) is 0 Å². The number of carbonyl (C=O) groups excluding carboxylic acids is 1. The lowest BCUT2D eigenvalue weighted by Crippen LogP contribution is -2.20. The van der Waals surface area contributed by atoms with Gasteiger partial charge >= 0.3 is 6.18 Å². The number of aryl methyl sites for hydroxylation is 2. The smallest absolute Gasteiger partial charge is 0.322 e. The fourth-order valence-electron chi connectivity index (χ4n) is 2.43. The monoisotopic (exact) mass is 375 g/mol. The van der Waals surface area contributed by atoms with Gasteiger partial charge in [-0.1, -0.05) is 25.1 Å². The Labute approximate surface area is 147 Å². The predicted molar refractivity (Wildman–Crippen MR) is 86.1 cm³/mol. The number of hydrogen-bond acceptors (Lipinski definition) is 2. The van der Waals surface area contributed by atoms with Crippen LogP contribution in [0.25, 0.3) is 0 Å². The van der Waals surface area contributed by atoms with Gasteiger partial charge in [0.2, 0.25) is 0 Å². The van der Waals surface area contributed by atoms with Crippen LogP contribution in [0.1, 0.15) is 41.4 Å². The maximum Gasteiger partial charge on any atom is 0.391 e. The summed E-state index contributed by atoms with van der Waals surface area (Å²) >= 11 is 0. The molecule has 0 bridgehead atoms. The van der Waals surface area contributed by atoms with Gasteiger partial charge in [-0.25, -0.2) is 8.78 Å². The molecule has 0 aliphatic rings. The van der Waals surface area contributed by atoms with E-state index in [-0.39, 0.29) is 24.1 Å². The molecule has 0 radical (unpaired) electrons. The molecule has 2 rings (SSSR count). The molecule has 0 spiro atoms. The zero-order valence-electron chi connectivity index (χ0n) is 14.1. The van der Waals surface area contributed by atoms with Crippen molar-refractivity contribution in [2.45, 2.75) is 32.4 Å². The number of amides is 1. The lowest BCUT2D eigenvalue weighted by Gasteiger charge is -2.16. The third kappa shape index (κ3) is 4.80. The Morgan fingerprint density at radius 3 is 2.54 bits per heavy atom. The first kappa shape index (κ1) is 19.9. The lowest BCUT2D eigenvalue weighted by molar-refractivity contribution is -0.170. The van der Waals surface area contributed by atoms with Crippen LogP contribution in [-0.4, -0.2) is 21.9 Å². The normalized spacial score (nSPS) is 13.1. The van der Waals surface area contributed by atoms with Crippen LogP contribution in [-0.2, 0) is 13.5 Å². The van der Waals surface area contributed by atoms with Crippen molar-refractivity contribution >= 4 is 11.6 Å². The van der Waals surface area contributed by atoms with Crippen LogP contribution in [0, 0.1) is 5.92 Å². The molecule has 0 saturated heterocycles. The van der Waals surface area contributed by atoms with E-state index in [0.717, 1.165) is 11.6 Å². The summed E-state index contributed by atoms with van der Waals surface area (Å²) in [5.41, 5.74) is -0.135. The molecule has 9 heteroatoms. The largest absolute Gasteiger partial charge is 0.391 e. The molecule has 4 nitrogen and oxygen atoms in total. The minimum Gasteiger partial charge on any atom is -0.322 e. The molecule has 1 atom stereocenters. The van der Waals surface area contributed by atoms with Gasteiger partial charge in [0.15, 0.2) is 0 Å². The zero-order valence-corrected chi connectivity index (χ0v) is 14.1. The molecule has 0 fully saturated rings. The predicted octanol–water partition coefficient (Wildman–Crippen LogP) is 4.74. The highest BCUT2D eigenvalue weighted by atomic mass is 19.4. The first-order valence-electron chi connectivity index (χ1n) is 7.87. The van der Waals surface area contributed by atoms with Crippen LogP contribution >= 0.6 is 0 Å². The third-order valence-corrected chi connectivity index (χ3v) is 3.98. The number of alkyl halides is 5. The molecule has 1 heterocycles. The Hall–Kier alpha value is -2.45. The summed E-state index contributed by atoms with van der Waals surface area (Å²) in [5, 5.41) is 6.05. The van der Waals surface area contributed by atoms with Crippen molar-refractivity contribution in [3.8, 4) is 0 Å². The molecule has 1 unspecified atom stereocenters. The quantitative estimate of drug-likeness (QED) is 0.742. The van der Waals surface area contributed by atoms with Crippen LogP contribution in [0.15, 0.2) is 30.5 Å². The van der Waals surface area contributed by atoms with E-state index >= 15 is 0 Å². The SMILES string of the molecule is CC(CCc1ccccc1NC(=O)c1cn(C)nc1C(F)F)C(F)(F)F. The summed E-state index contributed by atoms with van der Waals surface area (Å²) in [6, 6.07) is 6.35. The summed E-state index contributed by atoms with van der Waals surface area (Å²) in [6.45, 7) is 1.09. The molecular weight excluding hydrogens is 357 g/mol. The number of nitrogens with zero attached hydrogens (tertiary/aromatic N) is 2. The molecule has 26 heavy (non-hydrogen) atoms. The van der Waals surface area contributed by atoms with Crippen LogP contribution in [0.2, 0.25) is 0 Å². The van der Waals surface area contributed by atoms with E-state index in [4.69, 9.17) is 0 Å². The van der Waals surface area contributed by atoms with Crippen LogP contribution in [0.3, 0.4) is 0 Å².